The van der Waals surface area contributed by atoms with E-state index in [1.807, 2.05) is 13.8 Å². The number of fused-ring (bicyclic) bond motifs is 1. The summed E-state index contributed by atoms with van der Waals surface area (Å²) in [5.74, 6) is 0.0830. The van der Waals surface area contributed by atoms with Crippen LogP contribution < -0.4 is 5.32 Å². The lowest BCUT2D eigenvalue weighted by molar-refractivity contribution is 0.0885. The van der Waals surface area contributed by atoms with Gasteiger partial charge in [-0.2, -0.15) is 5.10 Å². The number of rotatable bonds is 5. The van der Waals surface area contributed by atoms with E-state index in [1.54, 1.807) is 0 Å². The van der Waals surface area contributed by atoms with E-state index in [0.717, 1.165) is 36.9 Å². The third-order valence-corrected chi connectivity index (χ3v) is 3.87. The predicted molar refractivity (Wildman–Crippen MR) is 68.4 cm³/mol. The highest BCUT2D eigenvalue weighted by Crippen LogP contribution is 2.22. The molecule has 1 heterocycles. The fourth-order valence-corrected chi connectivity index (χ4v) is 2.40. The van der Waals surface area contributed by atoms with Gasteiger partial charge >= 0.3 is 0 Å². The summed E-state index contributed by atoms with van der Waals surface area (Å²) in [6.07, 6.45) is 3.90. The second kappa shape index (κ2) is 5.52. The second-order valence-electron chi connectivity index (χ2n) is 5.03. The van der Waals surface area contributed by atoms with Gasteiger partial charge in [0, 0.05) is 11.3 Å². The largest absolute Gasteiger partial charge is 0.394 e. The molecule has 0 saturated heterocycles. The second-order valence-corrected chi connectivity index (χ2v) is 5.03. The van der Waals surface area contributed by atoms with E-state index < -0.39 is 0 Å². The lowest BCUT2D eigenvalue weighted by atomic mass is 9.99. The van der Waals surface area contributed by atoms with E-state index >= 15 is 0 Å². The highest BCUT2D eigenvalue weighted by Gasteiger charge is 2.25. The van der Waals surface area contributed by atoms with Crippen molar-refractivity contribution in [2.24, 2.45) is 5.92 Å². The molecule has 5 heteroatoms. The molecule has 0 spiro atoms. The van der Waals surface area contributed by atoms with Crippen molar-refractivity contribution < 1.29 is 9.90 Å². The number of nitrogens with zero attached hydrogens (tertiary/aromatic N) is 1. The van der Waals surface area contributed by atoms with Crippen LogP contribution >= 0.6 is 0 Å². The lowest BCUT2D eigenvalue weighted by Gasteiger charge is -2.21. The van der Waals surface area contributed by atoms with Gasteiger partial charge in [0.05, 0.1) is 12.6 Å². The molecule has 0 bridgehead atoms. The monoisotopic (exact) mass is 251 g/mol. The highest BCUT2D eigenvalue weighted by molar-refractivity contribution is 5.94. The minimum atomic E-state index is -0.198. The van der Waals surface area contributed by atoms with Crippen molar-refractivity contribution in [3.05, 3.63) is 17.0 Å². The van der Waals surface area contributed by atoms with Crippen molar-refractivity contribution in [2.45, 2.75) is 45.6 Å². The van der Waals surface area contributed by atoms with Crippen molar-refractivity contribution in [3.8, 4) is 0 Å². The van der Waals surface area contributed by atoms with Crippen LogP contribution in [0.5, 0.6) is 0 Å². The fourth-order valence-electron chi connectivity index (χ4n) is 2.40. The summed E-state index contributed by atoms with van der Waals surface area (Å²) in [5, 5.41) is 19.2. The maximum absolute atomic E-state index is 12.2. The topological polar surface area (TPSA) is 78.0 Å². The molecule has 5 nitrogen and oxygen atoms in total. The van der Waals surface area contributed by atoms with Gasteiger partial charge in [0.1, 0.15) is 0 Å². The van der Waals surface area contributed by atoms with Crippen molar-refractivity contribution >= 4 is 5.91 Å². The molecular weight excluding hydrogens is 230 g/mol. The average molecular weight is 251 g/mol. The lowest BCUT2D eigenvalue weighted by Crippen LogP contribution is -2.42. The van der Waals surface area contributed by atoms with Crippen molar-refractivity contribution in [3.63, 3.8) is 0 Å². The van der Waals surface area contributed by atoms with Gasteiger partial charge in [-0.25, -0.2) is 0 Å². The molecule has 1 aromatic rings. The summed E-state index contributed by atoms with van der Waals surface area (Å²) in [6.45, 7) is 4.04. The molecule has 1 aliphatic carbocycles. The number of aryl methyl sites for hydroxylation is 1. The van der Waals surface area contributed by atoms with Crippen LogP contribution in [0.15, 0.2) is 0 Å². The van der Waals surface area contributed by atoms with Crippen molar-refractivity contribution in [1.29, 1.82) is 0 Å². The average Bonchev–Trinajstić information content (AvgIpc) is 2.96. The summed E-state index contributed by atoms with van der Waals surface area (Å²) in [5.41, 5.74) is 2.64. The van der Waals surface area contributed by atoms with Gasteiger partial charge in [-0.3, -0.25) is 9.89 Å². The van der Waals surface area contributed by atoms with Crippen LogP contribution in [0.2, 0.25) is 0 Å². The molecule has 2 atom stereocenters. The Balaban J connectivity index is 2.07. The Morgan fingerprint density at radius 2 is 2.33 bits per heavy atom. The number of hydrogen-bond donors (Lipinski definition) is 3. The molecule has 0 aromatic carbocycles. The van der Waals surface area contributed by atoms with Gasteiger partial charge < -0.3 is 10.4 Å². The van der Waals surface area contributed by atoms with Crippen LogP contribution in [0.4, 0.5) is 0 Å². The molecule has 1 aromatic heterocycles. The summed E-state index contributed by atoms with van der Waals surface area (Å²) in [6, 6.07) is -0.198. The standard InChI is InChI=1S/C13H21N3O2/c1-3-8(2)11(7-17)14-13(18)12-9-5-4-6-10(9)15-16-12/h8,11,17H,3-7H2,1-2H3,(H,14,18)(H,15,16)/t8-,11+/m1/s1. The molecule has 18 heavy (non-hydrogen) atoms. The Labute approximate surface area is 107 Å². The van der Waals surface area contributed by atoms with Crippen molar-refractivity contribution in [1.82, 2.24) is 15.5 Å². The van der Waals surface area contributed by atoms with E-state index in [9.17, 15) is 9.90 Å². The van der Waals surface area contributed by atoms with Crippen LogP contribution in [0.25, 0.3) is 0 Å². The Kier molecular flexibility index (Phi) is 4.01. The number of H-pyrrole nitrogens is 1. The number of hydrogen-bond acceptors (Lipinski definition) is 3. The first kappa shape index (κ1) is 13.1. The molecule has 0 saturated carbocycles. The number of amides is 1. The minimum Gasteiger partial charge on any atom is -0.394 e. The van der Waals surface area contributed by atoms with E-state index in [1.165, 1.54) is 0 Å². The number of aliphatic hydroxyl groups excluding tert-OH is 1. The maximum atomic E-state index is 12.2. The predicted octanol–water partition coefficient (Wildman–Crippen LogP) is 1.04. The summed E-state index contributed by atoms with van der Waals surface area (Å²) < 4.78 is 0. The van der Waals surface area contributed by atoms with Crippen LogP contribution in [-0.2, 0) is 12.8 Å². The van der Waals surface area contributed by atoms with Crippen LogP contribution in [0.1, 0.15) is 48.4 Å². The van der Waals surface area contributed by atoms with E-state index in [2.05, 4.69) is 15.5 Å². The normalized spacial score (nSPS) is 17.3. The molecule has 100 valence electrons. The first-order chi connectivity index (χ1) is 8.67. The quantitative estimate of drug-likeness (QED) is 0.731. The molecular formula is C13H21N3O2. The van der Waals surface area contributed by atoms with Crippen molar-refractivity contribution in [2.75, 3.05) is 6.61 Å². The number of carbonyl (C=O) groups excluding carboxylic acids is 1. The Morgan fingerprint density at radius 3 is 3.00 bits per heavy atom. The Hall–Kier alpha value is -1.36. The molecule has 1 aliphatic rings. The third kappa shape index (κ3) is 2.41. The highest BCUT2D eigenvalue weighted by atomic mass is 16.3. The van der Waals surface area contributed by atoms with Crippen LogP contribution in [-0.4, -0.2) is 33.9 Å². The van der Waals surface area contributed by atoms with E-state index in [-0.39, 0.29) is 24.5 Å². The van der Waals surface area contributed by atoms with Gasteiger partial charge in [0.25, 0.3) is 5.91 Å². The molecule has 0 radical (unpaired) electrons. The minimum absolute atomic E-state index is 0.0344. The molecule has 0 aliphatic heterocycles. The summed E-state index contributed by atoms with van der Waals surface area (Å²) in [4.78, 5) is 12.2. The van der Waals surface area contributed by atoms with E-state index in [4.69, 9.17) is 0 Å². The Bertz CT molecular complexity index is 428. The van der Waals surface area contributed by atoms with Gasteiger partial charge in [-0.1, -0.05) is 20.3 Å². The van der Waals surface area contributed by atoms with Crippen LogP contribution in [0, 0.1) is 5.92 Å². The zero-order valence-corrected chi connectivity index (χ0v) is 11.0. The Morgan fingerprint density at radius 1 is 1.56 bits per heavy atom. The van der Waals surface area contributed by atoms with Gasteiger partial charge in [-0.05, 0) is 25.2 Å². The third-order valence-electron chi connectivity index (χ3n) is 3.87. The smallest absolute Gasteiger partial charge is 0.272 e. The summed E-state index contributed by atoms with van der Waals surface area (Å²) >= 11 is 0. The summed E-state index contributed by atoms with van der Waals surface area (Å²) in [7, 11) is 0. The molecule has 3 N–H and O–H groups in total. The van der Waals surface area contributed by atoms with Gasteiger partial charge in [0.2, 0.25) is 0 Å². The number of aromatic nitrogens is 2. The molecule has 2 rings (SSSR count). The molecule has 1 amide bonds. The number of aromatic amines is 1. The fraction of sp³-hybridized carbons (Fsp3) is 0.692. The van der Waals surface area contributed by atoms with Gasteiger partial charge in [-0.15, -0.1) is 0 Å². The number of carbonyl (C=O) groups is 1. The van der Waals surface area contributed by atoms with E-state index in [0.29, 0.717) is 5.69 Å². The zero-order chi connectivity index (χ0) is 13.1. The maximum Gasteiger partial charge on any atom is 0.272 e. The van der Waals surface area contributed by atoms with Crippen LogP contribution in [0.3, 0.4) is 0 Å². The first-order valence-electron chi connectivity index (χ1n) is 6.65. The molecule has 0 fully saturated rings. The SMILES string of the molecule is CC[C@@H](C)[C@H](CO)NC(=O)c1n[nH]c2c1CCC2. The number of nitrogens with one attached hydrogen (secondary N) is 2. The molecule has 0 unspecified atom stereocenters. The zero-order valence-electron chi connectivity index (χ0n) is 11.0. The number of aliphatic hydroxyl groups is 1. The van der Waals surface area contributed by atoms with Gasteiger partial charge in [0.15, 0.2) is 5.69 Å². The first-order valence-corrected chi connectivity index (χ1v) is 6.65.